The van der Waals surface area contributed by atoms with Crippen LogP contribution in [0.2, 0.25) is 0 Å². The molecular formula is C13H20N4O3S. The highest BCUT2D eigenvalue weighted by molar-refractivity contribution is 7.99. The summed E-state index contributed by atoms with van der Waals surface area (Å²) in [4.78, 5) is 15.7. The maximum Gasteiger partial charge on any atom is 0.328 e. The summed E-state index contributed by atoms with van der Waals surface area (Å²) in [7, 11) is 0. The number of aromatic nitrogens is 3. The molecule has 2 saturated heterocycles. The van der Waals surface area contributed by atoms with Crippen molar-refractivity contribution < 1.29 is 14.3 Å². The summed E-state index contributed by atoms with van der Waals surface area (Å²) in [5.41, 5.74) is 5.34. The molecule has 0 amide bonds. The number of hydrogen-bond donors (Lipinski definition) is 1. The summed E-state index contributed by atoms with van der Waals surface area (Å²) in [6.07, 6.45) is 5.03. The summed E-state index contributed by atoms with van der Waals surface area (Å²) in [6.45, 7) is 0.712. The summed E-state index contributed by atoms with van der Waals surface area (Å²) in [6, 6.07) is 0. The van der Waals surface area contributed by atoms with Crippen LogP contribution in [0.5, 0.6) is 0 Å². The van der Waals surface area contributed by atoms with E-state index in [9.17, 15) is 4.79 Å². The molecular weight excluding hydrogens is 292 g/mol. The first-order chi connectivity index (χ1) is 10.2. The van der Waals surface area contributed by atoms with E-state index < -0.39 is 0 Å². The quantitative estimate of drug-likeness (QED) is 0.827. The van der Waals surface area contributed by atoms with Gasteiger partial charge in [0.15, 0.2) is 0 Å². The molecule has 0 aromatic carbocycles. The van der Waals surface area contributed by atoms with Crippen molar-refractivity contribution in [3.05, 3.63) is 6.33 Å². The van der Waals surface area contributed by atoms with E-state index in [1.807, 2.05) is 11.8 Å². The molecule has 2 fully saturated rings. The predicted molar refractivity (Wildman–Crippen MR) is 78.8 cm³/mol. The summed E-state index contributed by atoms with van der Waals surface area (Å²) < 4.78 is 13.0. The average Bonchev–Trinajstić information content (AvgIpc) is 2.85. The molecule has 2 aliphatic rings. The fourth-order valence-corrected chi connectivity index (χ4v) is 4.15. The zero-order chi connectivity index (χ0) is 14.7. The van der Waals surface area contributed by atoms with Gasteiger partial charge in [-0.1, -0.05) is 0 Å². The Morgan fingerprint density at radius 3 is 3.10 bits per heavy atom. The third-order valence-corrected chi connectivity index (χ3v) is 4.98. The molecule has 0 saturated carbocycles. The molecule has 7 nitrogen and oxygen atoms in total. The van der Waals surface area contributed by atoms with Gasteiger partial charge >= 0.3 is 5.97 Å². The number of nitrogens with zero attached hydrogens (tertiary/aromatic N) is 3. The lowest BCUT2D eigenvalue weighted by molar-refractivity contribution is -0.167. The lowest BCUT2D eigenvalue weighted by atomic mass is 9.86. The Kier molecular flexibility index (Phi) is 4.34. The van der Waals surface area contributed by atoms with Crippen LogP contribution in [0.4, 0.5) is 5.95 Å². The van der Waals surface area contributed by atoms with E-state index >= 15 is 0 Å². The number of carbonyl (C=O) groups excluding carboxylic acids is 1. The van der Waals surface area contributed by atoms with Crippen LogP contribution in [0, 0.1) is 0 Å². The van der Waals surface area contributed by atoms with Gasteiger partial charge in [-0.15, -0.1) is 5.10 Å². The Morgan fingerprint density at radius 2 is 2.38 bits per heavy atom. The second kappa shape index (κ2) is 6.23. The number of nitrogens with two attached hydrogens (primary N) is 1. The highest BCUT2D eigenvalue weighted by Crippen LogP contribution is 2.38. The Labute approximate surface area is 127 Å². The summed E-state index contributed by atoms with van der Waals surface area (Å²) in [5, 5.41) is 3.88. The number of thioether (sulfide) groups is 1. The Morgan fingerprint density at radius 1 is 1.57 bits per heavy atom. The van der Waals surface area contributed by atoms with E-state index in [-0.39, 0.29) is 30.2 Å². The number of nitrogen functional groups attached to an aromatic ring is 1. The minimum Gasteiger partial charge on any atom is -0.461 e. The van der Waals surface area contributed by atoms with Gasteiger partial charge in [0, 0.05) is 12.8 Å². The van der Waals surface area contributed by atoms with E-state index in [4.69, 9.17) is 15.2 Å². The van der Waals surface area contributed by atoms with Crippen LogP contribution in [0.1, 0.15) is 25.7 Å². The van der Waals surface area contributed by atoms with Gasteiger partial charge in [-0.05, 0) is 24.3 Å². The van der Waals surface area contributed by atoms with Crippen molar-refractivity contribution in [2.45, 2.75) is 43.9 Å². The molecule has 21 heavy (non-hydrogen) atoms. The van der Waals surface area contributed by atoms with Gasteiger partial charge in [-0.3, -0.25) is 4.79 Å². The van der Waals surface area contributed by atoms with Crippen LogP contribution in [0.25, 0.3) is 0 Å². The molecule has 0 radical (unpaired) electrons. The minimum atomic E-state index is -0.299. The fourth-order valence-electron chi connectivity index (χ4n) is 2.92. The first kappa shape index (κ1) is 14.6. The largest absolute Gasteiger partial charge is 0.461 e. The number of hydrogen-bond acceptors (Lipinski definition) is 7. The Bertz CT molecular complexity index is 496. The molecule has 3 rings (SSSR count). The third-order valence-electron chi connectivity index (χ3n) is 4.00. The molecule has 0 bridgehead atoms. The topological polar surface area (TPSA) is 92.3 Å². The third kappa shape index (κ3) is 3.68. The van der Waals surface area contributed by atoms with Gasteiger partial charge in [-0.25, -0.2) is 9.67 Å². The number of anilines is 1. The lowest BCUT2D eigenvalue weighted by Crippen LogP contribution is -2.45. The molecule has 1 atom stereocenters. The molecule has 8 heteroatoms. The van der Waals surface area contributed by atoms with Crippen molar-refractivity contribution in [2.24, 2.45) is 0 Å². The van der Waals surface area contributed by atoms with Crippen LogP contribution in [0.3, 0.4) is 0 Å². The van der Waals surface area contributed by atoms with Crippen molar-refractivity contribution in [2.75, 3.05) is 23.8 Å². The second-order valence-electron chi connectivity index (χ2n) is 5.55. The highest BCUT2D eigenvalue weighted by atomic mass is 32.2. The number of rotatable bonds is 3. The Balaban J connectivity index is 1.53. The van der Waals surface area contributed by atoms with E-state index in [2.05, 4.69) is 10.1 Å². The summed E-state index contributed by atoms with van der Waals surface area (Å²) >= 11 is 1.96. The summed E-state index contributed by atoms with van der Waals surface area (Å²) in [5.74, 6) is 2.11. The molecule has 2 aliphatic heterocycles. The molecule has 0 aliphatic carbocycles. The van der Waals surface area contributed by atoms with Crippen LogP contribution in [0.15, 0.2) is 6.33 Å². The van der Waals surface area contributed by atoms with Crippen LogP contribution >= 0.6 is 11.8 Å². The molecule has 3 heterocycles. The van der Waals surface area contributed by atoms with E-state index in [1.54, 1.807) is 0 Å². The minimum absolute atomic E-state index is 0.0460. The van der Waals surface area contributed by atoms with Gasteiger partial charge < -0.3 is 15.2 Å². The number of ether oxygens (including phenoxy) is 2. The molecule has 1 spiro atoms. The monoisotopic (exact) mass is 312 g/mol. The Hall–Kier alpha value is -1.28. The van der Waals surface area contributed by atoms with Crippen molar-refractivity contribution in [1.29, 1.82) is 0 Å². The number of carbonyl (C=O) groups is 1. The number of esters is 1. The van der Waals surface area contributed by atoms with Gasteiger partial charge in [0.25, 0.3) is 0 Å². The van der Waals surface area contributed by atoms with E-state index in [0.29, 0.717) is 6.61 Å². The average molecular weight is 312 g/mol. The van der Waals surface area contributed by atoms with Crippen LogP contribution in [-0.4, -0.2) is 50.6 Å². The molecule has 2 N–H and O–H groups in total. The van der Waals surface area contributed by atoms with Crippen LogP contribution < -0.4 is 5.73 Å². The van der Waals surface area contributed by atoms with Crippen molar-refractivity contribution in [3.8, 4) is 0 Å². The molecule has 1 aromatic heterocycles. The van der Waals surface area contributed by atoms with Crippen molar-refractivity contribution in [3.63, 3.8) is 0 Å². The predicted octanol–water partition coefficient (Wildman–Crippen LogP) is 0.848. The first-order valence-electron chi connectivity index (χ1n) is 7.21. The van der Waals surface area contributed by atoms with Crippen molar-refractivity contribution >= 4 is 23.7 Å². The molecule has 116 valence electrons. The van der Waals surface area contributed by atoms with Crippen LogP contribution in [-0.2, 0) is 20.8 Å². The van der Waals surface area contributed by atoms with E-state index in [0.717, 1.165) is 37.2 Å². The van der Waals surface area contributed by atoms with Gasteiger partial charge in [0.05, 0.1) is 12.2 Å². The molecule has 1 aromatic rings. The standard InChI is InChI=1S/C13H20N4O3S/c14-12-15-9-17(16-12)8-11(18)20-10-1-4-19-13(7-10)2-5-21-6-3-13/h9-10H,1-8H2,(H2,14,16). The zero-order valence-corrected chi connectivity index (χ0v) is 12.7. The fraction of sp³-hybridized carbons (Fsp3) is 0.769. The molecule has 1 unspecified atom stereocenters. The maximum atomic E-state index is 12.0. The van der Waals surface area contributed by atoms with E-state index in [1.165, 1.54) is 11.0 Å². The normalized spacial score (nSPS) is 24.9. The smallest absolute Gasteiger partial charge is 0.328 e. The second-order valence-corrected chi connectivity index (χ2v) is 6.77. The zero-order valence-electron chi connectivity index (χ0n) is 11.9. The highest BCUT2D eigenvalue weighted by Gasteiger charge is 2.40. The first-order valence-corrected chi connectivity index (χ1v) is 8.37. The lowest BCUT2D eigenvalue weighted by Gasteiger charge is -2.42. The van der Waals surface area contributed by atoms with Gasteiger partial charge in [-0.2, -0.15) is 11.8 Å². The SMILES string of the molecule is Nc1ncn(CC(=O)OC2CCOC3(CCSCC3)C2)n1. The van der Waals surface area contributed by atoms with Gasteiger partial charge in [0.2, 0.25) is 5.95 Å². The van der Waals surface area contributed by atoms with Crippen molar-refractivity contribution in [1.82, 2.24) is 14.8 Å². The van der Waals surface area contributed by atoms with Gasteiger partial charge in [0.1, 0.15) is 19.0 Å². The maximum absolute atomic E-state index is 12.0.